The van der Waals surface area contributed by atoms with Gasteiger partial charge in [0.2, 0.25) is 5.91 Å². The standard InChI is InChI=1S/C44H76N2O5Si2/c1-19-20-24-32(3)40(49-42(45)48)36(7)41(51-53(17,18)44(11,12)13)35(6)30-31(2)29-34(5)39(50-52(15,16)43(8,9)10)33(4)27-28-38(47)46(14)37-25-22-21-23-26-37/h19-29,32-36,39-41H,1,30H2,2-18H3,(H2,45,48)/t32-,33-,34-,35-,36+,39-,40-,41+/m0/s1. The van der Waals surface area contributed by atoms with Crippen LogP contribution in [0.25, 0.3) is 0 Å². The van der Waals surface area contributed by atoms with Gasteiger partial charge in [0.15, 0.2) is 16.6 Å². The molecule has 0 saturated carbocycles. The summed E-state index contributed by atoms with van der Waals surface area (Å²) < 4.78 is 20.2. The van der Waals surface area contributed by atoms with Gasteiger partial charge in [-0.1, -0.05) is 137 Å². The van der Waals surface area contributed by atoms with Crippen molar-refractivity contribution in [3.05, 3.63) is 78.9 Å². The van der Waals surface area contributed by atoms with Gasteiger partial charge in [-0.2, -0.15) is 0 Å². The molecule has 300 valence electrons. The molecular weight excluding hydrogens is 693 g/mol. The van der Waals surface area contributed by atoms with E-state index in [1.807, 2.05) is 55.5 Å². The van der Waals surface area contributed by atoms with Gasteiger partial charge in [0.05, 0.1) is 12.2 Å². The van der Waals surface area contributed by atoms with Gasteiger partial charge in [0.25, 0.3) is 0 Å². The fourth-order valence-electron chi connectivity index (χ4n) is 6.32. The molecule has 8 atom stereocenters. The SMILES string of the molecule is C=CC=C[C@H](C)[C@H](OC(N)=O)[C@@H](C)[C@H](O[Si](C)(C)C(C)(C)C)[C@@H](C)CC(C)=C[C@H](C)[C@@H](O[Si](C)(C)C(C)(C)C)[C@@H](C)C=CC(=O)N(C)c1ccccc1. The quantitative estimate of drug-likeness (QED) is 0.0655. The van der Waals surface area contributed by atoms with Gasteiger partial charge in [-0.3, -0.25) is 4.79 Å². The topological polar surface area (TPSA) is 91.1 Å². The average molecular weight is 769 g/mol. The molecule has 0 radical (unpaired) electrons. The fourth-order valence-corrected chi connectivity index (χ4v) is 9.26. The highest BCUT2D eigenvalue weighted by molar-refractivity contribution is 6.74. The van der Waals surface area contributed by atoms with Crippen molar-refractivity contribution in [3.63, 3.8) is 0 Å². The zero-order valence-electron chi connectivity index (χ0n) is 36.4. The molecule has 7 nitrogen and oxygen atoms in total. The Morgan fingerprint density at radius 3 is 1.77 bits per heavy atom. The van der Waals surface area contributed by atoms with Crippen molar-refractivity contribution in [2.75, 3.05) is 11.9 Å². The molecule has 1 rings (SSSR count). The van der Waals surface area contributed by atoms with Crippen LogP contribution in [0.3, 0.4) is 0 Å². The summed E-state index contributed by atoms with van der Waals surface area (Å²) in [4.78, 5) is 27.0. The van der Waals surface area contributed by atoms with E-state index < -0.39 is 28.8 Å². The van der Waals surface area contributed by atoms with E-state index in [2.05, 4.69) is 115 Å². The molecule has 0 aliphatic heterocycles. The van der Waals surface area contributed by atoms with E-state index in [0.717, 1.165) is 12.1 Å². The van der Waals surface area contributed by atoms with E-state index >= 15 is 0 Å². The number of carbonyl (C=O) groups is 2. The van der Waals surface area contributed by atoms with Gasteiger partial charge in [-0.15, -0.1) is 0 Å². The fraction of sp³-hybridized carbons (Fsp3) is 0.636. The Hall–Kier alpha value is -2.73. The van der Waals surface area contributed by atoms with Crippen molar-refractivity contribution in [1.82, 2.24) is 0 Å². The second-order valence-electron chi connectivity index (χ2n) is 18.4. The minimum atomic E-state index is -2.23. The van der Waals surface area contributed by atoms with Crippen LogP contribution >= 0.6 is 0 Å². The molecular formula is C44H76N2O5Si2. The molecule has 0 heterocycles. The molecule has 53 heavy (non-hydrogen) atoms. The van der Waals surface area contributed by atoms with E-state index in [1.54, 1.807) is 24.1 Å². The summed E-state index contributed by atoms with van der Waals surface area (Å²) in [6.07, 6.45) is 10.9. The number of nitrogens with two attached hydrogens (primary N) is 1. The second-order valence-corrected chi connectivity index (χ2v) is 27.9. The van der Waals surface area contributed by atoms with Crippen molar-refractivity contribution in [2.45, 2.75) is 144 Å². The van der Waals surface area contributed by atoms with Crippen LogP contribution in [0.15, 0.2) is 78.9 Å². The largest absolute Gasteiger partial charge is 0.445 e. The third-order valence-electron chi connectivity index (χ3n) is 11.6. The molecule has 2 N–H and O–H groups in total. The Morgan fingerprint density at radius 2 is 1.30 bits per heavy atom. The number of para-hydroxylation sites is 1. The van der Waals surface area contributed by atoms with Gasteiger partial charge in [-0.25, -0.2) is 4.79 Å². The van der Waals surface area contributed by atoms with E-state index in [9.17, 15) is 9.59 Å². The minimum Gasteiger partial charge on any atom is -0.445 e. The second kappa shape index (κ2) is 20.3. The highest BCUT2D eigenvalue weighted by atomic mass is 28.4. The van der Waals surface area contributed by atoms with E-state index in [-0.39, 0.29) is 57.8 Å². The Morgan fingerprint density at radius 1 is 0.811 bits per heavy atom. The number of carbonyl (C=O) groups excluding carboxylic acids is 2. The lowest BCUT2D eigenvalue weighted by atomic mass is 9.81. The number of benzene rings is 1. The van der Waals surface area contributed by atoms with Gasteiger partial charge in [-0.05, 0) is 79.7 Å². The maximum atomic E-state index is 13.2. The number of nitrogens with zero attached hydrogens (tertiary/aromatic N) is 1. The van der Waals surface area contributed by atoms with Crippen LogP contribution in [0.2, 0.25) is 36.3 Å². The van der Waals surface area contributed by atoms with E-state index in [0.29, 0.717) is 0 Å². The third-order valence-corrected chi connectivity index (χ3v) is 20.6. The highest BCUT2D eigenvalue weighted by Crippen LogP contribution is 2.42. The van der Waals surface area contributed by atoms with E-state index in [1.165, 1.54) is 5.57 Å². The minimum absolute atomic E-state index is 0.00621. The molecule has 0 saturated heterocycles. The van der Waals surface area contributed by atoms with Crippen molar-refractivity contribution in [3.8, 4) is 0 Å². The predicted molar refractivity (Wildman–Crippen MR) is 231 cm³/mol. The number of amides is 2. The summed E-state index contributed by atoms with van der Waals surface area (Å²) in [6, 6.07) is 9.68. The lowest BCUT2D eigenvalue weighted by molar-refractivity contribution is -0.113. The van der Waals surface area contributed by atoms with Gasteiger partial charge in [0, 0.05) is 30.5 Å². The van der Waals surface area contributed by atoms with Crippen LogP contribution in [-0.4, -0.2) is 54.0 Å². The Balaban J connectivity index is 3.55. The summed E-state index contributed by atoms with van der Waals surface area (Å²) in [7, 11) is -2.60. The zero-order chi connectivity index (χ0) is 41.1. The number of rotatable bonds is 19. The van der Waals surface area contributed by atoms with E-state index in [4.69, 9.17) is 19.3 Å². The first-order valence-corrected chi connectivity index (χ1v) is 25.3. The normalized spacial score (nSPS) is 18.2. The molecule has 9 heteroatoms. The number of primary amides is 1. The van der Waals surface area contributed by atoms with Crippen molar-refractivity contribution in [2.24, 2.45) is 35.3 Å². The summed E-state index contributed by atoms with van der Waals surface area (Å²) in [5, 5.41) is 0.0186. The van der Waals surface area contributed by atoms with Gasteiger partial charge in [0.1, 0.15) is 6.10 Å². The first-order chi connectivity index (χ1) is 24.2. The Labute approximate surface area is 326 Å². The smallest absolute Gasteiger partial charge is 0.404 e. The Bertz CT molecular complexity index is 1410. The third kappa shape index (κ3) is 14.8. The van der Waals surface area contributed by atoms with Gasteiger partial charge >= 0.3 is 6.09 Å². The molecule has 0 unspecified atom stereocenters. The molecule has 2 amide bonds. The van der Waals surface area contributed by atoms with Crippen LogP contribution in [0.4, 0.5) is 10.5 Å². The number of likely N-dealkylation sites (N-methyl/N-ethyl adjacent to an activating group) is 1. The molecule has 0 aliphatic rings. The van der Waals surface area contributed by atoms with Gasteiger partial charge < -0.3 is 24.2 Å². The highest BCUT2D eigenvalue weighted by Gasteiger charge is 2.44. The molecule has 0 fully saturated rings. The lowest BCUT2D eigenvalue weighted by Crippen LogP contribution is -2.50. The molecule has 0 aromatic heterocycles. The summed E-state index contributed by atoms with van der Waals surface area (Å²) in [6.45, 7) is 39.4. The Kier molecular flexibility index (Phi) is 18.5. The molecule has 1 aromatic rings. The van der Waals surface area contributed by atoms with Crippen LogP contribution in [0.5, 0.6) is 0 Å². The number of ether oxygens (including phenoxy) is 1. The lowest BCUT2D eigenvalue weighted by Gasteiger charge is -2.45. The molecule has 0 aliphatic carbocycles. The summed E-state index contributed by atoms with van der Waals surface area (Å²) >= 11 is 0. The first-order valence-electron chi connectivity index (χ1n) is 19.5. The summed E-state index contributed by atoms with van der Waals surface area (Å²) in [5.41, 5.74) is 7.72. The van der Waals surface area contributed by atoms with Crippen LogP contribution in [0, 0.1) is 29.6 Å². The van der Waals surface area contributed by atoms with Crippen LogP contribution in [0.1, 0.15) is 89.5 Å². The number of anilines is 1. The molecule has 0 spiro atoms. The number of hydrogen-bond acceptors (Lipinski definition) is 5. The monoisotopic (exact) mass is 769 g/mol. The molecule has 0 bridgehead atoms. The van der Waals surface area contributed by atoms with Crippen LogP contribution in [-0.2, 0) is 18.4 Å². The maximum Gasteiger partial charge on any atom is 0.404 e. The first kappa shape index (κ1) is 48.3. The van der Waals surface area contributed by atoms with Crippen molar-refractivity contribution < 1.29 is 23.2 Å². The average Bonchev–Trinajstić information content (AvgIpc) is 3.04. The predicted octanol–water partition coefficient (Wildman–Crippen LogP) is 11.7. The number of hydrogen-bond donors (Lipinski definition) is 1. The van der Waals surface area contributed by atoms with Crippen molar-refractivity contribution >= 4 is 34.3 Å². The van der Waals surface area contributed by atoms with Crippen molar-refractivity contribution in [1.29, 1.82) is 0 Å². The maximum absolute atomic E-state index is 13.2. The zero-order valence-corrected chi connectivity index (χ0v) is 38.4. The summed E-state index contributed by atoms with van der Waals surface area (Å²) in [5.74, 6) is -0.123. The number of allylic oxidation sites excluding steroid dienone is 3. The van der Waals surface area contributed by atoms with Crippen LogP contribution < -0.4 is 10.6 Å². The molecule has 1 aromatic carbocycles.